The quantitative estimate of drug-likeness (QED) is 0.503. The van der Waals surface area contributed by atoms with Gasteiger partial charge in [-0.2, -0.15) is 0 Å². The number of hydrogen-bond acceptors (Lipinski definition) is 2. The highest BCUT2D eigenvalue weighted by Gasteiger charge is 2.41. The number of benzene rings is 1. The van der Waals surface area contributed by atoms with Gasteiger partial charge in [0.1, 0.15) is 0 Å². The molecular formula is C22H22Cl2N4S. The maximum absolute atomic E-state index is 6.53. The second-order valence-electron chi connectivity index (χ2n) is 7.57. The lowest BCUT2D eigenvalue weighted by molar-refractivity contribution is 0.280. The summed E-state index contributed by atoms with van der Waals surface area (Å²) in [5, 5.41) is 5.46. The van der Waals surface area contributed by atoms with Crippen LogP contribution in [0.2, 0.25) is 10.0 Å². The molecule has 0 unspecified atom stereocenters. The average molecular weight is 445 g/mol. The normalized spacial score (nSPS) is 19.1. The number of thiocarbonyl (C=S) groups is 1. The van der Waals surface area contributed by atoms with E-state index in [1.165, 1.54) is 0 Å². The van der Waals surface area contributed by atoms with Crippen molar-refractivity contribution in [3.63, 3.8) is 0 Å². The molecule has 0 saturated carbocycles. The molecule has 0 radical (unpaired) electrons. The predicted octanol–water partition coefficient (Wildman–Crippen LogP) is 5.81. The summed E-state index contributed by atoms with van der Waals surface area (Å²) >= 11 is 18.4. The minimum Gasteiger partial charge on any atom is -0.352 e. The molecule has 1 N–H and O–H groups in total. The summed E-state index contributed by atoms with van der Waals surface area (Å²) < 4.78 is 2.11. The maximum Gasteiger partial charge on any atom is 0.170 e. The van der Waals surface area contributed by atoms with Gasteiger partial charge >= 0.3 is 0 Å². The molecule has 4 nitrogen and oxygen atoms in total. The van der Waals surface area contributed by atoms with Crippen LogP contribution in [-0.2, 0) is 0 Å². The van der Waals surface area contributed by atoms with Crippen molar-refractivity contribution in [1.82, 2.24) is 19.8 Å². The molecule has 2 atom stereocenters. The Morgan fingerprint density at radius 1 is 1.14 bits per heavy atom. The summed E-state index contributed by atoms with van der Waals surface area (Å²) in [5.74, 6) is 0.460. The molecular weight excluding hydrogens is 423 g/mol. The molecule has 0 bridgehead atoms. The third-order valence-electron chi connectivity index (χ3n) is 5.01. The highest BCUT2D eigenvalue weighted by molar-refractivity contribution is 7.80. The molecule has 1 aromatic carbocycles. The third-order valence-corrected chi connectivity index (χ3v) is 5.90. The van der Waals surface area contributed by atoms with E-state index in [4.69, 9.17) is 35.4 Å². The Labute approximate surface area is 186 Å². The van der Waals surface area contributed by atoms with Crippen molar-refractivity contribution in [1.29, 1.82) is 0 Å². The lowest BCUT2D eigenvalue weighted by atomic mass is 10.0. The van der Waals surface area contributed by atoms with Crippen molar-refractivity contribution >= 4 is 40.5 Å². The van der Waals surface area contributed by atoms with E-state index in [-0.39, 0.29) is 12.1 Å². The van der Waals surface area contributed by atoms with Crippen LogP contribution in [0.5, 0.6) is 0 Å². The van der Waals surface area contributed by atoms with E-state index < -0.39 is 0 Å². The van der Waals surface area contributed by atoms with Crippen molar-refractivity contribution in [2.75, 3.05) is 6.54 Å². The lowest BCUT2D eigenvalue weighted by Gasteiger charge is -2.30. The smallest absolute Gasteiger partial charge is 0.170 e. The van der Waals surface area contributed by atoms with Crippen molar-refractivity contribution in [3.8, 4) is 5.69 Å². The molecule has 2 aromatic heterocycles. The molecule has 29 heavy (non-hydrogen) atoms. The van der Waals surface area contributed by atoms with Gasteiger partial charge in [-0.25, -0.2) is 0 Å². The molecule has 1 saturated heterocycles. The highest BCUT2D eigenvalue weighted by atomic mass is 35.5. The monoisotopic (exact) mass is 444 g/mol. The van der Waals surface area contributed by atoms with Gasteiger partial charge in [0.25, 0.3) is 0 Å². The van der Waals surface area contributed by atoms with Crippen LogP contribution < -0.4 is 5.32 Å². The van der Waals surface area contributed by atoms with E-state index >= 15 is 0 Å². The highest BCUT2D eigenvalue weighted by Crippen LogP contribution is 2.40. The number of nitrogens with zero attached hydrogens (tertiary/aromatic N) is 3. The second-order valence-corrected chi connectivity index (χ2v) is 8.80. The average Bonchev–Trinajstić information content (AvgIpc) is 3.27. The Morgan fingerprint density at radius 2 is 1.97 bits per heavy atom. The van der Waals surface area contributed by atoms with Crippen LogP contribution in [0.15, 0.2) is 60.9 Å². The second kappa shape index (κ2) is 8.34. The van der Waals surface area contributed by atoms with E-state index in [0.29, 0.717) is 16.0 Å². The van der Waals surface area contributed by atoms with Crippen LogP contribution >= 0.6 is 35.4 Å². The zero-order chi connectivity index (χ0) is 20.5. The van der Waals surface area contributed by atoms with Crippen LogP contribution in [0.4, 0.5) is 0 Å². The molecule has 0 amide bonds. The van der Waals surface area contributed by atoms with Crippen LogP contribution in [0.1, 0.15) is 37.3 Å². The van der Waals surface area contributed by atoms with Crippen molar-refractivity contribution in [2.45, 2.75) is 25.9 Å². The van der Waals surface area contributed by atoms with Crippen LogP contribution in [0.3, 0.4) is 0 Å². The standard InChI is InChI=1S/C22H22Cl2N4S/c1-14(2)13-28-21(20(26-22(28)29)17-6-3-4-10-25-17)19-7-5-11-27(19)18-9-8-15(23)12-16(18)24/h3-12,14,20-21H,13H2,1-2H3,(H,26,29)/t20-,21-/m1/s1. The first-order chi connectivity index (χ1) is 14.0. The maximum atomic E-state index is 6.53. The molecule has 4 rings (SSSR count). The number of halogens is 2. The first-order valence-electron chi connectivity index (χ1n) is 9.56. The van der Waals surface area contributed by atoms with E-state index in [2.05, 4.69) is 39.7 Å². The van der Waals surface area contributed by atoms with Crippen LogP contribution in [0, 0.1) is 5.92 Å². The fourth-order valence-corrected chi connectivity index (χ4v) is 4.66. The molecule has 0 spiro atoms. The Bertz CT molecular complexity index is 1020. The van der Waals surface area contributed by atoms with Gasteiger partial charge in [-0.1, -0.05) is 43.1 Å². The summed E-state index contributed by atoms with van der Waals surface area (Å²) in [7, 11) is 0. The van der Waals surface area contributed by atoms with Gasteiger partial charge in [0.15, 0.2) is 5.11 Å². The minimum absolute atomic E-state index is 0.0125. The van der Waals surface area contributed by atoms with Crippen LogP contribution in [0.25, 0.3) is 5.69 Å². The number of rotatable bonds is 5. The van der Waals surface area contributed by atoms with E-state index in [1.807, 2.05) is 48.8 Å². The summed E-state index contributed by atoms with van der Waals surface area (Å²) in [6.45, 7) is 5.24. The van der Waals surface area contributed by atoms with Crippen molar-refractivity contribution in [2.24, 2.45) is 5.92 Å². The Morgan fingerprint density at radius 3 is 2.66 bits per heavy atom. The Hall–Kier alpha value is -2.08. The summed E-state index contributed by atoms with van der Waals surface area (Å²) in [4.78, 5) is 6.86. The molecule has 1 aliphatic heterocycles. The van der Waals surface area contributed by atoms with Crippen LogP contribution in [-0.4, -0.2) is 26.1 Å². The molecule has 0 aliphatic carbocycles. The molecule has 1 aliphatic rings. The summed E-state index contributed by atoms with van der Waals surface area (Å²) in [6.07, 6.45) is 3.84. The van der Waals surface area contributed by atoms with Gasteiger partial charge in [0, 0.05) is 29.7 Å². The molecule has 150 valence electrons. The minimum atomic E-state index is -0.0535. The predicted molar refractivity (Wildman–Crippen MR) is 123 cm³/mol. The van der Waals surface area contributed by atoms with E-state index in [0.717, 1.165) is 28.7 Å². The molecule has 3 aromatic rings. The molecule has 1 fully saturated rings. The van der Waals surface area contributed by atoms with Gasteiger partial charge in [-0.3, -0.25) is 4.98 Å². The number of pyridine rings is 1. The van der Waals surface area contributed by atoms with Gasteiger partial charge in [-0.15, -0.1) is 0 Å². The number of nitrogens with one attached hydrogen (secondary N) is 1. The number of hydrogen-bond donors (Lipinski definition) is 1. The van der Waals surface area contributed by atoms with E-state index in [1.54, 1.807) is 6.07 Å². The summed E-state index contributed by atoms with van der Waals surface area (Å²) in [5.41, 5.74) is 2.94. The fraction of sp³-hybridized carbons (Fsp3) is 0.273. The first-order valence-corrected chi connectivity index (χ1v) is 10.7. The first kappa shape index (κ1) is 20.2. The fourth-order valence-electron chi connectivity index (χ4n) is 3.85. The zero-order valence-electron chi connectivity index (χ0n) is 16.2. The largest absolute Gasteiger partial charge is 0.352 e. The van der Waals surface area contributed by atoms with Gasteiger partial charge in [0.05, 0.1) is 28.5 Å². The Kier molecular flexibility index (Phi) is 5.81. The lowest BCUT2D eigenvalue weighted by Crippen LogP contribution is -2.33. The van der Waals surface area contributed by atoms with Crippen molar-refractivity contribution < 1.29 is 0 Å². The van der Waals surface area contributed by atoms with Crippen molar-refractivity contribution in [3.05, 3.63) is 82.4 Å². The third kappa shape index (κ3) is 4.00. The van der Waals surface area contributed by atoms with Gasteiger partial charge in [0.2, 0.25) is 0 Å². The Balaban J connectivity index is 1.83. The zero-order valence-corrected chi connectivity index (χ0v) is 18.5. The summed E-state index contributed by atoms with van der Waals surface area (Å²) in [6, 6.07) is 15.6. The van der Waals surface area contributed by atoms with Gasteiger partial charge in [-0.05, 0) is 60.6 Å². The van der Waals surface area contributed by atoms with Gasteiger partial charge < -0.3 is 14.8 Å². The van der Waals surface area contributed by atoms with E-state index in [9.17, 15) is 0 Å². The number of aromatic nitrogens is 2. The molecule has 3 heterocycles. The SMILES string of the molecule is CC(C)CN1C(=S)N[C@H](c2ccccn2)[C@H]1c1cccn1-c1ccc(Cl)cc1Cl. The topological polar surface area (TPSA) is 33.1 Å². The molecule has 7 heteroatoms.